The molecule has 3 heterocycles. The van der Waals surface area contributed by atoms with Gasteiger partial charge in [-0.3, -0.25) is 14.5 Å². The summed E-state index contributed by atoms with van der Waals surface area (Å²) in [6.45, 7) is 0.745. The van der Waals surface area contributed by atoms with Crippen molar-refractivity contribution in [1.29, 1.82) is 0 Å². The molecule has 1 N–H and O–H groups in total. The Morgan fingerprint density at radius 1 is 1.25 bits per heavy atom. The van der Waals surface area contributed by atoms with Crippen LogP contribution >= 0.6 is 11.6 Å². The molecule has 0 radical (unpaired) electrons. The Bertz CT molecular complexity index is 1030. The number of hydrogen-bond donors (Lipinski definition) is 1. The van der Waals surface area contributed by atoms with Crippen LogP contribution in [0.5, 0.6) is 0 Å². The monoisotopic (exact) mass is 456 g/mol. The van der Waals surface area contributed by atoms with Crippen molar-refractivity contribution in [1.82, 2.24) is 25.1 Å². The minimum atomic E-state index is -0.520. The van der Waals surface area contributed by atoms with E-state index in [-0.39, 0.29) is 30.8 Å². The van der Waals surface area contributed by atoms with Gasteiger partial charge in [0.05, 0.1) is 12.2 Å². The van der Waals surface area contributed by atoms with Crippen molar-refractivity contribution >= 4 is 35.4 Å². The van der Waals surface area contributed by atoms with Crippen molar-refractivity contribution in [2.75, 3.05) is 45.2 Å². The predicted octanol–water partition coefficient (Wildman–Crippen LogP) is 2.12. The Morgan fingerprint density at radius 3 is 2.66 bits per heavy atom. The molecule has 0 spiro atoms. The minimum absolute atomic E-state index is 0.00295. The maximum Gasteiger partial charge on any atom is 0.325 e. The third kappa shape index (κ3) is 4.52. The van der Waals surface area contributed by atoms with Gasteiger partial charge in [0.1, 0.15) is 6.54 Å². The minimum Gasteiger partial charge on any atom is -0.347 e. The molecule has 32 heavy (non-hydrogen) atoms. The first kappa shape index (κ1) is 22.0. The topological polar surface area (TPSA) is 98.7 Å². The lowest BCUT2D eigenvalue weighted by Gasteiger charge is -2.34. The van der Waals surface area contributed by atoms with Crippen LogP contribution < -0.4 is 10.2 Å². The first-order valence-corrected chi connectivity index (χ1v) is 10.9. The molecule has 1 atom stereocenters. The summed E-state index contributed by atoms with van der Waals surface area (Å²) < 4.78 is 0. The van der Waals surface area contributed by atoms with E-state index in [1.165, 1.54) is 0 Å². The number of imide groups is 1. The van der Waals surface area contributed by atoms with Crippen molar-refractivity contribution in [2.24, 2.45) is 0 Å². The third-order valence-electron chi connectivity index (χ3n) is 5.75. The van der Waals surface area contributed by atoms with Gasteiger partial charge in [0.15, 0.2) is 0 Å². The average Bonchev–Trinajstić information content (AvgIpc) is 3.11. The number of rotatable bonds is 5. The zero-order chi connectivity index (χ0) is 22.8. The number of halogens is 1. The maximum absolute atomic E-state index is 12.9. The molecule has 0 saturated carbocycles. The van der Waals surface area contributed by atoms with Crippen molar-refractivity contribution in [3.63, 3.8) is 0 Å². The van der Waals surface area contributed by atoms with Gasteiger partial charge in [0.2, 0.25) is 11.9 Å². The summed E-state index contributed by atoms with van der Waals surface area (Å²) in [6, 6.07) is 7.00. The molecule has 168 valence electrons. The summed E-state index contributed by atoms with van der Waals surface area (Å²) in [7, 11) is 3.77. The fourth-order valence-corrected chi connectivity index (χ4v) is 4.17. The van der Waals surface area contributed by atoms with Crippen LogP contribution in [0.1, 0.15) is 24.5 Å². The number of likely N-dealkylation sites (tertiary alicyclic amines) is 1. The molecule has 1 unspecified atom stereocenters. The highest BCUT2D eigenvalue weighted by Gasteiger charge is 2.34. The van der Waals surface area contributed by atoms with Gasteiger partial charge in [0.25, 0.3) is 5.91 Å². The highest BCUT2D eigenvalue weighted by atomic mass is 35.5. The second-order valence-corrected chi connectivity index (χ2v) is 8.62. The van der Waals surface area contributed by atoms with Crippen LogP contribution in [0.25, 0.3) is 11.1 Å². The second kappa shape index (κ2) is 9.12. The number of nitrogens with zero attached hydrogens (tertiary/aromatic N) is 5. The van der Waals surface area contributed by atoms with Crippen LogP contribution in [0, 0.1) is 0 Å². The Morgan fingerprint density at radius 2 is 2.00 bits per heavy atom. The van der Waals surface area contributed by atoms with Crippen LogP contribution in [0.4, 0.5) is 10.7 Å². The summed E-state index contributed by atoms with van der Waals surface area (Å²) in [5.74, 6) is -0.0212. The Labute approximate surface area is 191 Å². The first-order chi connectivity index (χ1) is 15.3. The standard InChI is InChI=1S/C22H25ClN6O3/c1-27(2)21-24-10-17(14-5-7-16(23)8-6-14)20(26-21)15-4-3-9-28(12-15)19(31)13-29-18(30)11-25-22(29)32/h5-8,10,15H,3-4,9,11-13H2,1-2H3,(H,25,32). The average molecular weight is 457 g/mol. The number of amides is 4. The SMILES string of the molecule is CN(C)c1ncc(-c2ccc(Cl)cc2)c(C2CCCN(C(=O)CN3C(=O)CNC3=O)C2)n1. The van der Waals surface area contributed by atoms with Crippen LogP contribution in [-0.2, 0) is 9.59 Å². The zero-order valence-corrected chi connectivity index (χ0v) is 18.8. The first-order valence-electron chi connectivity index (χ1n) is 10.5. The summed E-state index contributed by atoms with van der Waals surface area (Å²) >= 11 is 6.06. The molecule has 2 aliphatic rings. The fourth-order valence-electron chi connectivity index (χ4n) is 4.04. The highest BCUT2D eigenvalue weighted by molar-refractivity contribution is 6.30. The Kier molecular flexibility index (Phi) is 6.27. The van der Waals surface area contributed by atoms with Gasteiger partial charge in [-0.05, 0) is 30.5 Å². The molecule has 1 aromatic heterocycles. The van der Waals surface area contributed by atoms with Gasteiger partial charge in [0, 0.05) is 49.9 Å². The number of carbonyl (C=O) groups excluding carboxylic acids is 3. The summed E-state index contributed by atoms with van der Waals surface area (Å²) in [5, 5.41) is 3.09. The largest absolute Gasteiger partial charge is 0.347 e. The summed E-state index contributed by atoms with van der Waals surface area (Å²) in [5.41, 5.74) is 2.73. The van der Waals surface area contributed by atoms with E-state index >= 15 is 0 Å². The lowest BCUT2D eigenvalue weighted by Crippen LogP contribution is -2.46. The molecule has 2 fully saturated rings. The second-order valence-electron chi connectivity index (χ2n) is 8.19. The van der Waals surface area contributed by atoms with E-state index in [0.717, 1.165) is 34.6 Å². The number of urea groups is 1. The van der Waals surface area contributed by atoms with E-state index in [9.17, 15) is 14.4 Å². The zero-order valence-electron chi connectivity index (χ0n) is 18.0. The number of benzene rings is 1. The number of carbonyl (C=O) groups is 3. The molecule has 0 bridgehead atoms. The Hall–Kier alpha value is -3.20. The molecule has 0 aliphatic carbocycles. The van der Waals surface area contributed by atoms with Crippen LogP contribution in [0.15, 0.2) is 30.5 Å². The number of hydrogen-bond acceptors (Lipinski definition) is 6. The van der Waals surface area contributed by atoms with Crippen LogP contribution in [0.3, 0.4) is 0 Å². The lowest BCUT2D eigenvalue weighted by atomic mass is 9.90. The van der Waals surface area contributed by atoms with Gasteiger partial charge in [-0.25, -0.2) is 14.8 Å². The quantitative estimate of drug-likeness (QED) is 0.692. The van der Waals surface area contributed by atoms with Crippen molar-refractivity contribution in [3.05, 3.63) is 41.2 Å². The normalized spacial score (nSPS) is 18.7. The Balaban J connectivity index is 1.59. The van der Waals surface area contributed by atoms with Crippen LogP contribution in [0.2, 0.25) is 5.02 Å². The van der Waals surface area contributed by atoms with E-state index in [0.29, 0.717) is 24.1 Å². The molecule has 9 nitrogen and oxygen atoms in total. The van der Waals surface area contributed by atoms with Gasteiger partial charge in [-0.2, -0.15) is 0 Å². The van der Waals surface area contributed by atoms with Crippen LogP contribution in [-0.4, -0.2) is 77.9 Å². The highest BCUT2D eigenvalue weighted by Crippen LogP contribution is 2.34. The van der Waals surface area contributed by atoms with Crippen molar-refractivity contribution in [2.45, 2.75) is 18.8 Å². The van der Waals surface area contributed by atoms with Gasteiger partial charge in [-0.15, -0.1) is 0 Å². The van der Waals surface area contributed by atoms with E-state index < -0.39 is 6.03 Å². The van der Waals surface area contributed by atoms with Gasteiger partial charge < -0.3 is 15.1 Å². The molecular formula is C22H25ClN6O3. The van der Waals surface area contributed by atoms with Crippen molar-refractivity contribution in [3.8, 4) is 11.1 Å². The predicted molar refractivity (Wildman–Crippen MR) is 120 cm³/mol. The molecule has 4 amide bonds. The molecule has 2 aliphatic heterocycles. The molecule has 1 aromatic carbocycles. The molecule has 4 rings (SSSR count). The smallest absolute Gasteiger partial charge is 0.325 e. The molecule has 10 heteroatoms. The van der Waals surface area contributed by atoms with E-state index in [2.05, 4.69) is 10.3 Å². The summed E-state index contributed by atoms with van der Waals surface area (Å²) in [6.07, 6.45) is 3.49. The molecule has 2 saturated heterocycles. The molecule has 2 aromatic rings. The summed E-state index contributed by atoms with van der Waals surface area (Å²) in [4.78, 5) is 50.4. The molecular weight excluding hydrogens is 432 g/mol. The van der Waals surface area contributed by atoms with E-state index in [1.807, 2.05) is 49.5 Å². The number of aromatic nitrogens is 2. The van der Waals surface area contributed by atoms with Crippen molar-refractivity contribution < 1.29 is 14.4 Å². The van der Waals surface area contributed by atoms with Gasteiger partial charge >= 0.3 is 6.03 Å². The lowest BCUT2D eigenvalue weighted by molar-refractivity contribution is -0.137. The number of piperidine rings is 1. The fraction of sp³-hybridized carbons (Fsp3) is 0.409. The van der Waals surface area contributed by atoms with Gasteiger partial charge in [-0.1, -0.05) is 23.7 Å². The third-order valence-corrected chi connectivity index (χ3v) is 6.00. The number of anilines is 1. The maximum atomic E-state index is 12.9. The number of nitrogens with one attached hydrogen (secondary N) is 1. The van der Waals surface area contributed by atoms with E-state index in [1.54, 1.807) is 4.90 Å². The van der Waals surface area contributed by atoms with E-state index in [4.69, 9.17) is 16.6 Å².